The first-order chi connectivity index (χ1) is 9.82. The number of hydrogen-bond acceptors (Lipinski definition) is 4. The molecule has 1 aliphatic heterocycles. The normalized spacial score (nSPS) is 18.1. The molecule has 5 nitrogen and oxygen atoms in total. The molecular weight excluding hydrogens is 271 g/mol. The van der Waals surface area contributed by atoms with Crippen molar-refractivity contribution in [2.45, 2.75) is 26.3 Å². The van der Waals surface area contributed by atoms with Crippen molar-refractivity contribution in [2.75, 3.05) is 31.1 Å². The van der Waals surface area contributed by atoms with Crippen molar-refractivity contribution in [3.63, 3.8) is 0 Å². The van der Waals surface area contributed by atoms with Gasteiger partial charge in [0.15, 0.2) is 5.84 Å². The topological polar surface area (TPSA) is 65.1 Å². The predicted molar refractivity (Wildman–Crippen MR) is 82.4 cm³/mol. The first-order valence-electron chi connectivity index (χ1n) is 7.10. The summed E-state index contributed by atoms with van der Waals surface area (Å²) in [6.45, 7) is 10.1. The molecule has 1 saturated heterocycles. The van der Waals surface area contributed by atoms with Gasteiger partial charge in [-0.1, -0.05) is 5.16 Å². The standard InChI is InChI=1S/C15H23FN4O/c1-15(2,3)20-8-6-19(7-9-20)13-5-4-11(16)10-12(13)14(17)18-21/h4-5,10,21H,6-9H2,1-3H3,(H2,17,18). The minimum Gasteiger partial charge on any atom is -0.409 e. The SMILES string of the molecule is CC(C)(C)N1CCN(c2ccc(F)cc2C(N)=NO)CC1. The summed E-state index contributed by atoms with van der Waals surface area (Å²) in [5, 5.41) is 11.9. The van der Waals surface area contributed by atoms with Gasteiger partial charge >= 0.3 is 0 Å². The highest BCUT2D eigenvalue weighted by molar-refractivity contribution is 6.02. The maximum absolute atomic E-state index is 13.4. The second-order valence-corrected chi connectivity index (χ2v) is 6.29. The first kappa shape index (κ1) is 15.6. The Kier molecular flexibility index (Phi) is 4.37. The highest BCUT2D eigenvalue weighted by Crippen LogP contribution is 2.25. The Hall–Kier alpha value is -1.82. The predicted octanol–water partition coefficient (Wildman–Crippen LogP) is 1.84. The van der Waals surface area contributed by atoms with Crippen molar-refractivity contribution in [1.82, 2.24) is 4.90 Å². The van der Waals surface area contributed by atoms with Gasteiger partial charge < -0.3 is 15.8 Å². The van der Waals surface area contributed by atoms with Crippen LogP contribution in [0, 0.1) is 5.82 Å². The lowest BCUT2D eigenvalue weighted by Gasteiger charge is -2.43. The zero-order valence-corrected chi connectivity index (χ0v) is 12.8. The third-order valence-electron chi connectivity index (χ3n) is 3.91. The molecule has 0 aromatic heterocycles. The van der Waals surface area contributed by atoms with E-state index >= 15 is 0 Å². The molecule has 3 N–H and O–H groups in total. The molecular formula is C15H23FN4O. The molecule has 0 radical (unpaired) electrons. The van der Waals surface area contributed by atoms with E-state index in [1.807, 2.05) is 0 Å². The van der Waals surface area contributed by atoms with E-state index < -0.39 is 5.82 Å². The molecule has 1 aromatic rings. The lowest BCUT2D eigenvalue weighted by Crippen LogP contribution is -2.53. The van der Waals surface area contributed by atoms with Crippen molar-refractivity contribution in [3.8, 4) is 0 Å². The van der Waals surface area contributed by atoms with Crippen LogP contribution in [-0.2, 0) is 0 Å². The summed E-state index contributed by atoms with van der Waals surface area (Å²) in [5.41, 5.74) is 7.04. The number of piperazine rings is 1. The van der Waals surface area contributed by atoms with Gasteiger partial charge in [-0.05, 0) is 39.0 Å². The van der Waals surface area contributed by atoms with Crippen LogP contribution in [0.25, 0.3) is 0 Å². The first-order valence-corrected chi connectivity index (χ1v) is 7.10. The lowest BCUT2D eigenvalue weighted by molar-refractivity contribution is 0.128. The summed E-state index contributed by atoms with van der Waals surface area (Å²) in [5.74, 6) is -0.462. The molecule has 1 aromatic carbocycles. The van der Waals surface area contributed by atoms with Crippen molar-refractivity contribution in [3.05, 3.63) is 29.6 Å². The largest absolute Gasteiger partial charge is 0.409 e. The van der Waals surface area contributed by atoms with E-state index in [0.717, 1.165) is 31.9 Å². The van der Waals surface area contributed by atoms with Crippen LogP contribution >= 0.6 is 0 Å². The van der Waals surface area contributed by atoms with Gasteiger partial charge in [0.1, 0.15) is 5.82 Å². The summed E-state index contributed by atoms with van der Waals surface area (Å²) in [6.07, 6.45) is 0. The Balaban J connectivity index is 2.21. The number of halogens is 1. The number of amidine groups is 1. The molecule has 21 heavy (non-hydrogen) atoms. The minimum absolute atomic E-state index is 0.0669. The Bertz CT molecular complexity index is 531. The lowest BCUT2D eigenvalue weighted by atomic mass is 10.0. The number of rotatable bonds is 2. The molecule has 116 valence electrons. The highest BCUT2D eigenvalue weighted by Gasteiger charge is 2.27. The Labute approximate surface area is 124 Å². The van der Waals surface area contributed by atoms with Gasteiger partial charge in [0.05, 0.1) is 0 Å². The maximum Gasteiger partial charge on any atom is 0.172 e. The summed E-state index contributed by atoms with van der Waals surface area (Å²) in [7, 11) is 0. The molecule has 0 unspecified atom stereocenters. The monoisotopic (exact) mass is 294 g/mol. The van der Waals surface area contributed by atoms with Gasteiger partial charge in [0.25, 0.3) is 0 Å². The second-order valence-electron chi connectivity index (χ2n) is 6.29. The van der Waals surface area contributed by atoms with Gasteiger partial charge in [-0.15, -0.1) is 0 Å². The third kappa shape index (κ3) is 3.44. The van der Waals surface area contributed by atoms with Crippen LogP contribution in [0.2, 0.25) is 0 Å². The average molecular weight is 294 g/mol. The Morgan fingerprint density at radius 3 is 2.38 bits per heavy atom. The van der Waals surface area contributed by atoms with Gasteiger partial charge in [0.2, 0.25) is 0 Å². The van der Waals surface area contributed by atoms with Crippen LogP contribution in [0.5, 0.6) is 0 Å². The zero-order chi connectivity index (χ0) is 15.6. The van der Waals surface area contributed by atoms with Crippen LogP contribution in [0.15, 0.2) is 23.4 Å². The van der Waals surface area contributed by atoms with E-state index in [-0.39, 0.29) is 11.4 Å². The molecule has 0 saturated carbocycles. The fraction of sp³-hybridized carbons (Fsp3) is 0.533. The van der Waals surface area contributed by atoms with E-state index in [2.05, 4.69) is 35.7 Å². The molecule has 0 aliphatic carbocycles. The van der Waals surface area contributed by atoms with E-state index in [9.17, 15) is 4.39 Å². The molecule has 6 heteroatoms. The summed E-state index contributed by atoms with van der Waals surface area (Å²) >= 11 is 0. The second kappa shape index (κ2) is 5.89. The van der Waals surface area contributed by atoms with Gasteiger partial charge in [-0.3, -0.25) is 4.90 Å². The van der Waals surface area contributed by atoms with Crippen molar-refractivity contribution in [2.24, 2.45) is 10.9 Å². The van der Waals surface area contributed by atoms with E-state index in [1.165, 1.54) is 12.1 Å². The number of nitrogens with two attached hydrogens (primary N) is 1. The van der Waals surface area contributed by atoms with Crippen LogP contribution in [0.1, 0.15) is 26.3 Å². The Morgan fingerprint density at radius 2 is 1.86 bits per heavy atom. The fourth-order valence-electron chi connectivity index (χ4n) is 2.66. The quantitative estimate of drug-likeness (QED) is 0.378. The molecule has 0 bridgehead atoms. The number of benzene rings is 1. The highest BCUT2D eigenvalue weighted by atomic mass is 19.1. The minimum atomic E-state index is -0.395. The van der Waals surface area contributed by atoms with Crippen LogP contribution in [-0.4, -0.2) is 47.7 Å². The maximum atomic E-state index is 13.4. The van der Waals surface area contributed by atoms with Crippen molar-refractivity contribution in [1.29, 1.82) is 0 Å². The molecule has 1 aliphatic rings. The van der Waals surface area contributed by atoms with Crippen LogP contribution in [0.3, 0.4) is 0 Å². The van der Waals surface area contributed by atoms with Gasteiger partial charge in [-0.2, -0.15) is 0 Å². The fourth-order valence-corrected chi connectivity index (χ4v) is 2.66. The smallest absolute Gasteiger partial charge is 0.172 e. The summed E-state index contributed by atoms with van der Waals surface area (Å²) in [6, 6.07) is 4.40. The zero-order valence-electron chi connectivity index (χ0n) is 12.8. The summed E-state index contributed by atoms with van der Waals surface area (Å²) in [4.78, 5) is 4.56. The van der Waals surface area contributed by atoms with Gasteiger partial charge in [0, 0.05) is 43.0 Å². The Morgan fingerprint density at radius 1 is 1.24 bits per heavy atom. The van der Waals surface area contributed by atoms with Crippen LogP contribution in [0.4, 0.5) is 10.1 Å². The number of nitrogens with zero attached hydrogens (tertiary/aromatic N) is 3. The van der Waals surface area contributed by atoms with Crippen LogP contribution < -0.4 is 10.6 Å². The van der Waals surface area contributed by atoms with Crippen molar-refractivity contribution >= 4 is 11.5 Å². The summed E-state index contributed by atoms with van der Waals surface area (Å²) < 4.78 is 13.4. The third-order valence-corrected chi connectivity index (χ3v) is 3.91. The number of oxime groups is 1. The van der Waals surface area contributed by atoms with E-state index in [1.54, 1.807) is 6.07 Å². The number of hydrogen-bond donors (Lipinski definition) is 2. The molecule has 1 heterocycles. The molecule has 2 rings (SSSR count). The average Bonchev–Trinajstić information content (AvgIpc) is 2.45. The van der Waals surface area contributed by atoms with Gasteiger partial charge in [-0.25, -0.2) is 4.39 Å². The van der Waals surface area contributed by atoms with E-state index in [0.29, 0.717) is 5.56 Å². The number of anilines is 1. The van der Waals surface area contributed by atoms with Crippen molar-refractivity contribution < 1.29 is 9.60 Å². The molecule has 1 fully saturated rings. The molecule has 0 spiro atoms. The van der Waals surface area contributed by atoms with E-state index in [4.69, 9.17) is 10.9 Å². The molecule has 0 amide bonds. The molecule has 0 atom stereocenters.